The van der Waals surface area contributed by atoms with Crippen LogP contribution in [-0.4, -0.2) is 5.78 Å². The van der Waals surface area contributed by atoms with Crippen molar-refractivity contribution in [2.45, 2.75) is 17.1 Å². The first-order chi connectivity index (χ1) is 6.75. The van der Waals surface area contributed by atoms with E-state index >= 15 is 0 Å². The molecule has 0 bridgehead atoms. The maximum absolute atomic E-state index is 10.9. The van der Waals surface area contributed by atoms with Crippen molar-refractivity contribution in [2.75, 3.05) is 0 Å². The Morgan fingerprint density at radius 3 is 2.71 bits per heavy atom. The standard InChI is InChI=1S/C10H8O3S/c1-7(11)8-4-5-10(13-8)14-9-3-2-6-12-9/h2-6H,1H3. The van der Waals surface area contributed by atoms with Crippen molar-refractivity contribution in [2.24, 2.45) is 0 Å². The number of furan rings is 2. The number of rotatable bonds is 3. The lowest BCUT2D eigenvalue weighted by Crippen LogP contribution is -1.85. The van der Waals surface area contributed by atoms with Crippen molar-refractivity contribution in [3.8, 4) is 0 Å². The fraction of sp³-hybridized carbons (Fsp3) is 0.100. The van der Waals surface area contributed by atoms with Gasteiger partial charge in [0.05, 0.1) is 6.26 Å². The molecule has 4 heteroatoms. The zero-order valence-corrected chi connectivity index (χ0v) is 8.34. The first-order valence-electron chi connectivity index (χ1n) is 4.08. The highest BCUT2D eigenvalue weighted by atomic mass is 32.2. The second kappa shape index (κ2) is 3.75. The number of carbonyl (C=O) groups is 1. The highest BCUT2D eigenvalue weighted by Gasteiger charge is 2.08. The van der Waals surface area contributed by atoms with Crippen LogP contribution in [0, 0.1) is 0 Å². The zero-order chi connectivity index (χ0) is 9.97. The van der Waals surface area contributed by atoms with Gasteiger partial charge in [0.2, 0.25) is 0 Å². The van der Waals surface area contributed by atoms with Gasteiger partial charge in [-0.1, -0.05) is 0 Å². The summed E-state index contributed by atoms with van der Waals surface area (Å²) in [6.45, 7) is 1.47. The van der Waals surface area contributed by atoms with Crippen LogP contribution in [0.1, 0.15) is 17.5 Å². The fourth-order valence-corrected chi connectivity index (χ4v) is 1.70. The van der Waals surface area contributed by atoms with E-state index in [0.717, 1.165) is 5.09 Å². The molecule has 3 nitrogen and oxygen atoms in total. The van der Waals surface area contributed by atoms with E-state index in [4.69, 9.17) is 8.83 Å². The van der Waals surface area contributed by atoms with Gasteiger partial charge in [-0.3, -0.25) is 4.79 Å². The Bertz CT molecular complexity index is 428. The lowest BCUT2D eigenvalue weighted by molar-refractivity contribution is 0.0982. The molecular formula is C10H8O3S. The molecule has 0 spiro atoms. The molecule has 0 radical (unpaired) electrons. The number of Topliss-reactive ketones (excluding diaryl/α,β-unsaturated/α-hetero) is 1. The summed E-state index contributed by atoms with van der Waals surface area (Å²) in [5.74, 6) is 0.301. The molecule has 2 rings (SSSR count). The summed E-state index contributed by atoms with van der Waals surface area (Å²) in [6.07, 6.45) is 1.59. The van der Waals surface area contributed by atoms with Gasteiger partial charge < -0.3 is 8.83 Å². The van der Waals surface area contributed by atoms with Gasteiger partial charge in [0, 0.05) is 6.92 Å². The highest BCUT2D eigenvalue weighted by Crippen LogP contribution is 2.29. The van der Waals surface area contributed by atoms with Crippen molar-refractivity contribution in [1.29, 1.82) is 0 Å². The summed E-state index contributed by atoms with van der Waals surface area (Å²) in [5, 5.41) is 1.40. The van der Waals surface area contributed by atoms with Gasteiger partial charge in [-0.15, -0.1) is 0 Å². The number of carbonyl (C=O) groups excluding carboxylic acids is 1. The van der Waals surface area contributed by atoms with Crippen molar-refractivity contribution in [3.63, 3.8) is 0 Å². The summed E-state index contributed by atoms with van der Waals surface area (Å²) in [7, 11) is 0. The molecule has 0 aliphatic carbocycles. The van der Waals surface area contributed by atoms with Crippen molar-refractivity contribution >= 4 is 17.5 Å². The van der Waals surface area contributed by atoms with E-state index in [9.17, 15) is 4.79 Å². The Hall–Kier alpha value is -1.42. The number of hydrogen-bond donors (Lipinski definition) is 0. The Morgan fingerprint density at radius 1 is 1.29 bits per heavy atom. The molecule has 2 heterocycles. The maximum atomic E-state index is 10.9. The Morgan fingerprint density at radius 2 is 2.14 bits per heavy atom. The van der Waals surface area contributed by atoms with Gasteiger partial charge in [-0.05, 0) is 36.0 Å². The van der Waals surface area contributed by atoms with E-state index in [0.29, 0.717) is 10.9 Å². The molecule has 0 saturated heterocycles. The monoisotopic (exact) mass is 208 g/mol. The topological polar surface area (TPSA) is 43.4 Å². The minimum atomic E-state index is -0.0729. The predicted molar refractivity (Wildman–Crippen MR) is 51.5 cm³/mol. The zero-order valence-electron chi connectivity index (χ0n) is 7.52. The average Bonchev–Trinajstić information content (AvgIpc) is 2.75. The van der Waals surface area contributed by atoms with Crippen LogP contribution < -0.4 is 0 Å². The van der Waals surface area contributed by atoms with Crippen LogP contribution in [-0.2, 0) is 0 Å². The van der Waals surface area contributed by atoms with Crippen molar-refractivity contribution in [3.05, 3.63) is 36.3 Å². The smallest absolute Gasteiger partial charge is 0.194 e. The molecule has 2 aromatic rings. The lowest BCUT2D eigenvalue weighted by Gasteiger charge is -1.91. The second-order valence-corrected chi connectivity index (χ2v) is 3.72. The van der Waals surface area contributed by atoms with E-state index in [-0.39, 0.29) is 5.78 Å². The summed E-state index contributed by atoms with van der Waals surface area (Å²) >= 11 is 1.35. The highest BCUT2D eigenvalue weighted by molar-refractivity contribution is 7.99. The number of hydrogen-bond acceptors (Lipinski definition) is 4. The van der Waals surface area contributed by atoms with Gasteiger partial charge in [-0.25, -0.2) is 0 Å². The fourth-order valence-electron chi connectivity index (χ4n) is 0.985. The van der Waals surface area contributed by atoms with Crippen molar-refractivity contribution < 1.29 is 13.6 Å². The second-order valence-electron chi connectivity index (χ2n) is 2.71. The van der Waals surface area contributed by atoms with Crippen LogP contribution in [0.25, 0.3) is 0 Å². The Kier molecular flexibility index (Phi) is 2.45. The molecule has 0 fully saturated rings. The quantitative estimate of drug-likeness (QED) is 0.726. The molecule has 0 atom stereocenters. The maximum Gasteiger partial charge on any atom is 0.194 e. The van der Waals surface area contributed by atoms with Crippen LogP contribution in [0.5, 0.6) is 0 Å². The summed E-state index contributed by atoms with van der Waals surface area (Å²) in [6, 6.07) is 7.05. The third-order valence-corrected chi connectivity index (χ3v) is 2.48. The minimum absolute atomic E-state index is 0.0729. The van der Waals surface area contributed by atoms with Crippen molar-refractivity contribution in [1.82, 2.24) is 0 Å². The average molecular weight is 208 g/mol. The Balaban J connectivity index is 2.14. The molecule has 0 amide bonds. The van der Waals surface area contributed by atoms with Crippen LogP contribution >= 0.6 is 11.8 Å². The van der Waals surface area contributed by atoms with E-state index in [1.54, 1.807) is 24.5 Å². The summed E-state index contributed by atoms with van der Waals surface area (Å²) < 4.78 is 10.4. The Labute approximate surface area is 85.1 Å². The third-order valence-electron chi connectivity index (χ3n) is 1.62. The lowest BCUT2D eigenvalue weighted by atomic mass is 10.3. The third kappa shape index (κ3) is 1.90. The van der Waals surface area contributed by atoms with Gasteiger partial charge in [0.15, 0.2) is 21.7 Å². The number of ketones is 1. The normalized spacial score (nSPS) is 10.4. The molecule has 0 aliphatic rings. The molecule has 0 unspecified atom stereocenters. The van der Waals surface area contributed by atoms with E-state index in [2.05, 4.69) is 0 Å². The molecular weight excluding hydrogens is 200 g/mol. The van der Waals surface area contributed by atoms with Gasteiger partial charge >= 0.3 is 0 Å². The molecule has 0 aromatic carbocycles. The van der Waals surface area contributed by atoms with E-state index in [1.807, 2.05) is 6.07 Å². The van der Waals surface area contributed by atoms with Crippen LogP contribution in [0.3, 0.4) is 0 Å². The van der Waals surface area contributed by atoms with E-state index < -0.39 is 0 Å². The first-order valence-corrected chi connectivity index (χ1v) is 4.89. The van der Waals surface area contributed by atoms with Crippen LogP contribution in [0.15, 0.2) is 49.5 Å². The molecule has 0 N–H and O–H groups in total. The SMILES string of the molecule is CC(=O)c1ccc(Sc2ccco2)o1. The largest absolute Gasteiger partial charge is 0.458 e. The van der Waals surface area contributed by atoms with Gasteiger partial charge in [0.1, 0.15) is 0 Å². The van der Waals surface area contributed by atoms with Crippen LogP contribution in [0.2, 0.25) is 0 Å². The first kappa shape index (κ1) is 9.15. The molecule has 14 heavy (non-hydrogen) atoms. The predicted octanol–water partition coefficient (Wildman–Crippen LogP) is 3.23. The van der Waals surface area contributed by atoms with Crippen LogP contribution in [0.4, 0.5) is 0 Å². The summed E-state index contributed by atoms with van der Waals surface area (Å²) in [4.78, 5) is 10.9. The molecule has 0 aliphatic heterocycles. The summed E-state index contributed by atoms with van der Waals surface area (Å²) in [5.41, 5.74) is 0. The molecule has 0 saturated carbocycles. The molecule has 72 valence electrons. The molecule has 2 aromatic heterocycles. The van der Waals surface area contributed by atoms with E-state index in [1.165, 1.54) is 18.7 Å². The van der Waals surface area contributed by atoms with Gasteiger partial charge in [0.25, 0.3) is 0 Å². The minimum Gasteiger partial charge on any atom is -0.458 e. The van der Waals surface area contributed by atoms with Gasteiger partial charge in [-0.2, -0.15) is 0 Å².